The third-order valence-corrected chi connectivity index (χ3v) is 1.79. The van der Waals surface area contributed by atoms with Gasteiger partial charge in [-0.1, -0.05) is 18.3 Å². The molecule has 1 aromatic carbocycles. The Kier molecular flexibility index (Phi) is 2.75. The van der Waals surface area contributed by atoms with Gasteiger partial charge >= 0.3 is 6.18 Å². The van der Waals surface area contributed by atoms with E-state index < -0.39 is 17.6 Å². The van der Waals surface area contributed by atoms with Crippen LogP contribution in [0, 0.1) is 5.82 Å². The summed E-state index contributed by atoms with van der Waals surface area (Å²) in [7, 11) is 0. The highest BCUT2D eigenvalue weighted by Gasteiger charge is 2.33. The first kappa shape index (κ1) is 10.9. The van der Waals surface area contributed by atoms with Crippen molar-refractivity contribution in [3.8, 4) is 0 Å². The van der Waals surface area contributed by atoms with E-state index >= 15 is 0 Å². The highest BCUT2D eigenvalue weighted by molar-refractivity contribution is 7.80. The molecule has 0 unspecified atom stereocenters. The summed E-state index contributed by atoms with van der Waals surface area (Å²) in [6.45, 7) is 0. The summed E-state index contributed by atoms with van der Waals surface area (Å²) in [6.07, 6.45) is -4.70. The zero-order valence-corrected chi connectivity index (χ0v) is 7.55. The van der Waals surface area contributed by atoms with Crippen LogP contribution in [0.15, 0.2) is 18.2 Å². The zero-order chi connectivity index (χ0) is 10.9. The van der Waals surface area contributed by atoms with Crippen LogP contribution in [0.25, 0.3) is 0 Å². The third-order valence-electron chi connectivity index (χ3n) is 1.56. The summed E-state index contributed by atoms with van der Waals surface area (Å²) >= 11 is 4.49. The summed E-state index contributed by atoms with van der Waals surface area (Å²) in [5, 5.41) is 0. The van der Waals surface area contributed by atoms with Gasteiger partial charge in [0.15, 0.2) is 0 Å². The van der Waals surface area contributed by atoms with Crippen LogP contribution in [-0.2, 0) is 6.18 Å². The van der Waals surface area contributed by atoms with Crippen LogP contribution >= 0.6 is 12.2 Å². The Hall–Kier alpha value is -1.17. The molecule has 76 valence electrons. The molecule has 0 spiro atoms. The SMILES string of the molecule is NC(=S)c1ccc(C(F)(F)F)c(F)c1. The quantitative estimate of drug-likeness (QED) is 0.584. The Labute approximate surface area is 82.5 Å². The predicted octanol–water partition coefficient (Wildman–Crippen LogP) is 2.48. The van der Waals surface area contributed by atoms with Gasteiger partial charge in [0, 0.05) is 5.56 Å². The number of hydrogen-bond acceptors (Lipinski definition) is 1. The second-order valence-electron chi connectivity index (χ2n) is 2.56. The Bertz CT molecular complexity index is 372. The van der Waals surface area contributed by atoms with E-state index in [9.17, 15) is 17.6 Å². The van der Waals surface area contributed by atoms with E-state index in [2.05, 4.69) is 12.2 Å². The molecule has 0 aliphatic carbocycles. The molecular weight excluding hydrogens is 218 g/mol. The van der Waals surface area contributed by atoms with Crippen molar-refractivity contribution in [2.75, 3.05) is 0 Å². The van der Waals surface area contributed by atoms with Crippen molar-refractivity contribution >= 4 is 17.2 Å². The van der Waals surface area contributed by atoms with Crippen LogP contribution in [0.2, 0.25) is 0 Å². The Morgan fingerprint density at radius 1 is 1.29 bits per heavy atom. The minimum atomic E-state index is -4.70. The first-order chi connectivity index (χ1) is 6.32. The van der Waals surface area contributed by atoms with E-state index in [4.69, 9.17) is 5.73 Å². The molecule has 0 heterocycles. The van der Waals surface area contributed by atoms with Gasteiger partial charge in [-0.25, -0.2) is 4.39 Å². The molecule has 2 N–H and O–H groups in total. The molecule has 1 rings (SSSR count). The minimum absolute atomic E-state index is 0.0745. The number of alkyl halides is 3. The fourth-order valence-electron chi connectivity index (χ4n) is 0.898. The molecule has 1 aromatic rings. The van der Waals surface area contributed by atoms with E-state index in [-0.39, 0.29) is 10.6 Å². The smallest absolute Gasteiger partial charge is 0.389 e. The molecule has 14 heavy (non-hydrogen) atoms. The van der Waals surface area contributed by atoms with Gasteiger partial charge in [0.1, 0.15) is 10.8 Å². The zero-order valence-electron chi connectivity index (χ0n) is 6.73. The molecule has 0 radical (unpaired) electrons. The topological polar surface area (TPSA) is 26.0 Å². The van der Waals surface area contributed by atoms with Crippen molar-refractivity contribution < 1.29 is 17.6 Å². The lowest BCUT2D eigenvalue weighted by Gasteiger charge is -2.08. The summed E-state index contributed by atoms with van der Waals surface area (Å²) in [6, 6.07) is 2.32. The first-order valence-electron chi connectivity index (χ1n) is 3.49. The van der Waals surface area contributed by atoms with Gasteiger partial charge in [0.05, 0.1) is 5.56 Å². The summed E-state index contributed by atoms with van der Waals surface area (Å²) in [4.78, 5) is -0.141. The molecule has 0 aliphatic rings. The lowest BCUT2D eigenvalue weighted by molar-refractivity contribution is -0.140. The van der Waals surface area contributed by atoms with Crippen molar-refractivity contribution in [2.45, 2.75) is 6.18 Å². The maximum Gasteiger partial charge on any atom is 0.419 e. The Balaban J connectivity index is 3.21. The van der Waals surface area contributed by atoms with Crippen molar-refractivity contribution in [3.05, 3.63) is 35.1 Å². The summed E-state index contributed by atoms with van der Waals surface area (Å²) in [5.41, 5.74) is 3.88. The fraction of sp³-hybridized carbons (Fsp3) is 0.125. The van der Waals surface area contributed by atoms with Crippen LogP contribution in [0.3, 0.4) is 0 Å². The minimum Gasteiger partial charge on any atom is -0.389 e. The van der Waals surface area contributed by atoms with Gasteiger partial charge in [0.25, 0.3) is 0 Å². The predicted molar refractivity (Wildman–Crippen MR) is 47.3 cm³/mol. The molecule has 0 aliphatic heterocycles. The molecule has 6 heteroatoms. The average Bonchev–Trinajstić information content (AvgIpc) is 2.01. The van der Waals surface area contributed by atoms with Gasteiger partial charge in [-0.05, 0) is 12.1 Å². The van der Waals surface area contributed by atoms with E-state index in [1.807, 2.05) is 0 Å². The molecule has 0 fully saturated rings. The van der Waals surface area contributed by atoms with Gasteiger partial charge in [-0.3, -0.25) is 0 Å². The van der Waals surface area contributed by atoms with Gasteiger partial charge in [-0.15, -0.1) is 0 Å². The Morgan fingerprint density at radius 2 is 1.86 bits per heavy atom. The van der Waals surface area contributed by atoms with E-state index in [1.165, 1.54) is 0 Å². The lowest BCUT2D eigenvalue weighted by Crippen LogP contribution is -2.13. The van der Waals surface area contributed by atoms with Crippen molar-refractivity contribution in [2.24, 2.45) is 5.73 Å². The molecule has 0 saturated carbocycles. The molecule has 0 amide bonds. The second-order valence-corrected chi connectivity index (χ2v) is 3.00. The fourth-order valence-corrected chi connectivity index (χ4v) is 1.03. The molecule has 1 nitrogen and oxygen atoms in total. The maximum atomic E-state index is 12.9. The van der Waals surface area contributed by atoms with Gasteiger partial charge < -0.3 is 5.73 Å². The monoisotopic (exact) mass is 223 g/mol. The molecule has 0 atom stereocenters. The molecule has 0 bridgehead atoms. The van der Waals surface area contributed by atoms with Crippen LogP contribution in [-0.4, -0.2) is 4.99 Å². The van der Waals surface area contributed by atoms with E-state index in [0.717, 1.165) is 6.07 Å². The number of nitrogens with two attached hydrogens (primary N) is 1. The standard InChI is InChI=1S/C8H5F4NS/c9-6-3-4(7(13)14)1-2-5(6)8(10,11)12/h1-3H,(H2,13,14). The maximum absolute atomic E-state index is 12.9. The number of thiocarbonyl (C=S) groups is 1. The van der Waals surface area contributed by atoms with Crippen molar-refractivity contribution in [1.29, 1.82) is 0 Å². The molecular formula is C8H5F4NS. The van der Waals surface area contributed by atoms with Gasteiger partial charge in [-0.2, -0.15) is 13.2 Å². The van der Waals surface area contributed by atoms with Crippen molar-refractivity contribution in [3.63, 3.8) is 0 Å². The third kappa shape index (κ3) is 2.20. The lowest BCUT2D eigenvalue weighted by atomic mass is 10.1. The van der Waals surface area contributed by atoms with Crippen LogP contribution in [0.1, 0.15) is 11.1 Å². The summed E-state index contributed by atoms with van der Waals surface area (Å²) in [5.74, 6) is -1.37. The van der Waals surface area contributed by atoms with Crippen LogP contribution in [0.4, 0.5) is 17.6 Å². The number of halogens is 4. The average molecular weight is 223 g/mol. The summed E-state index contributed by atoms with van der Waals surface area (Å²) < 4.78 is 49.1. The number of rotatable bonds is 1. The first-order valence-corrected chi connectivity index (χ1v) is 3.90. The normalized spacial score (nSPS) is 11.4. The van der Waals surface area contributed by atoms with Crippen LogP contribution in [0.5, 0.6) is 0 Å². The number of benzene rings is 1. The van der Waals surface area contributed by atoms with Crippen molar-refractivity contribution in [1.82, 2.24) is 0 Å². The van der Waals surface area contributed by atoms with Gasteiger partial charge in [0.2, 0.25) is 0 Å². The molecule has 0 saturated heterocycles. The number of hydrogen-bond donors (Lipinski definition) is 1. The largest absolute Gasteiger partial charge is 0.419 e. The molecule has 0 aromatic heterocycles. The highest BCUT2D eigenvalue weighted by atomic mass is 32.1. The van der Waals surface area contributed by atoms with Crippen LogP contribution < -0.4 is 5.73 Å². The highest BCUT2D eigenvalue weighted by Crippen LogP contribution is 2.31. The Morgan fingerprint density at radius 3 is 2.21 bits per heavy atom. The second kappa shape index (κ2) is 3.53. The van der Waals surface area contributed by atoms with E-state index in [0.29, 0.717) is 12.1 Å². The van der Waals surface area contributed by atoms with E-state index in [1.54, 1.807) is 0 Å².